The molecule has 0 radical (unpaired) electrons. The Balaban J connectivity index is 1.48. The maximum atomic E-state index is 12.7. The smallest absolute Gasteiger partial charge is 0.251 e. The van der Waals surface area contributed by atoms with E-state index < -0.39 is 0 Å². The number of hydrogen-bond donors (Lipinski definition) is 1. The van der Waals surface area contributed by atoms with Gasteiger partial charge in [-0.05, 0) is 54.1 Å². The van der Waals surface area contributed by atoms with Gasteiger partial charge in [-0.25, -0.2) is 0 Å². The summed E-state index contributed by atoms with van der Waals surface area (Å²) in [6.45, 7) is 5.53. The standard InChI is InChI=1S/C20H22N2O3S/c1-14-2-4-18(25-14)17(22-7-9-24-10-8-22)13-21-20(23)16-3-5-19-15(12-16)6-11-26-19/h2-6,11-12,17H,7-10,13H2,1H3,(H,21,23)/t17-/m0/s1. The molecule has 1 N–H and O–H groups in total. The van der Waals surface area contributed by atoms with Crippen molar-refractivity contribution in [3.8, 4) is 0 Å². The van der Waals surface area contributed by atoms with E-state index in [1.165, 1.54) is 4.70 Å². The van der Waals surface area contributed by atoms with E-state index in [0.29, 0.717) is 25.3 Å². The number of thiophene rings is 1. The Kier molecular flexibility index (Phi) is 5.06. The number of carbonyl (C=O) groups is 1. The molecular weight excluding hydrogens is 348 g/mol. The molecular formula is C20H22N2O3S. The van der Waals surface area contributed by atoms with Crippen molar-refractivity contribution >= 4 is 27.3 Å². The van der Waals surface area contributed by atoms with E-state index in [9.17, 15) is 4.79 Å². The molecule has 1 fully saturated rings. The fourth-order valence-corrected chi connectivity index (χ4v) is 4.10. The zero-order chi connectivity index (χ0) is 17.9. The maximum Gasteiger partial charge on any atom is 0.251 e. The van der Waals surface area contributed by atoms with Gasteiger partial charge in [0.25, 0.3) is 5.91 Å². The zero-order valence-electron chi connectivity index (χ0n) is 14.7. The number of morpholine rings is 1. The molecule has 0 bridgehead atoms. The van der Waals surface area contributed by atoms with Crippen LogP contribution in [0.15, 0.2) is 46.2 Å². The highest BCUT2D eigenvalue weighted by molar-refractivity contribution is 7.17. The van der Waals surface area contributed by atoms with Gasteiger partial charge in [0, 0.05) is 29.9 Å². The Morgan fingerprint density at radius 3 is 2.85 bits per heavy atom. The van der Waals surface area contributed by atoms with Gasteiger partial charge in [-0.15, -0.1) is 11.3 Å². The van der Waals surface area contributed by atoms with Crippen molar-refractivity contribution in [2.75, 3.05) is 32.8 Å². The minimum atomic E-state index is -0.0559. The number of carbonyl (C=O) groups excluding carboxylic acids is 1. The predicted molar refractivity (Wildman–Crippen MR) is 103 cm³/mol. The van der Waals surface area contributed by atoms with Gasteiger partial charge < -0.3 is 14.5 Å². The third kappa shape index (κ3) is 3.67. The van der Waals surface area contributed by atoms with E-state index in [-0.39, 0.29) is 11.9 Å². The van der Waals surface area contributed by atoms with Crippen LogP contribution >= 0.6 is 11.3 Å². The van der Waals surface area contributed by atoms with Gasteiger partial charge in [0.1, 0.15) is 11.5 Å². The fraction of sp³-hybridized carbons (Fsp3) is 0.350. The summed E-state index contributed by atoms with van der Waals surface area (Å²) in [5, 5.41) is 6.23. The first-order valence-corrected chi connectivity index (χ1v) is 9.72. The molecule has 4 rings (SSSR count). The van der Waals surface area contributed by atoms with Crippen molar-refractivity contribution in [1.29, 1.82) is 0 Å². The maximum absolute atomic E-state index is 12.7. The highest BCUT2D eigenvalue weighted by Crippen LogP contribution is 2.24. The van der Waals surface area contributed by atoms with Crippen LogP contribution in [0.1, 0.15) is 27.9 Å². The second kappa shape index (κ2) is 7.61. The van der Waals surface area contributed by atoms with Crippen molar-refractivity contribution < 1.29 is 13.9 Å². The Bertz CT molecular complexity index is 895. The molecule has 6 heteroatoms. The van der Waals surface area contributed by atoms with Crippen molar-refractivity contribution in [3.05, 3.63) is 58.9 Å². The quantitative estimate of drug-likeness (QED) is 0.745. The lowest BCUT2D eigenvalue weighted by atomic mass is 10.1. The lowest BCUT2D eigenvalue weighted by Crippen LogP contribution is -2.43. The van der Waals surface area contributed by atoms with Crippen LogP contribution in [0.4, 0.5) is 0 Å². The van der Waals surface area contributed by atoms with E-state index in [1.54, 1.807) is 11.3 Å². The molecule has 3 aromatic rings. The highest BCUT2D eigenvalue weighted by atomic mass is 32.1. The molecule has 1 aliphatic heterocycles. The van der Waals surface area contributed by atoms with Crippen LogP contribution in [0.25, 0.3) is 10.1 Å². The Morgan fingerprint density at radius 2 is 2.08 bits per heavy atom. The molecule has 1 aromatic carbocycles. The summed E-state index contributed by atoms with van der Waals surface area (Å²) >= 11 is 1.68. The second-order valence-electron chi connectivity index (χ2n) is 6.50. The van der Waals surface area contributed by atoms with Crippen molar-refractivity contribution in [3.63, 3.8) is 0 Å². The molecule has 136 valence electrons. The van der Waals surface area contributed by atoms with Crippen LogP contribution in [-0.4, -0.2) is 43.7 Å². The number of nitrogens with one attached hydrogen (secondary N) is 1. The molecule has 5 nitrogen and oxygen atoms in total. The van der Waals surface area contributed by atoms with Gasteiger partial charge in [0.2, 0.25) is 0 Å². The number of ether oxygens (including phenoxy) is 1. The van der Waals surface area contributed by atoms with Gasteiger partial charge in [0.15, 0.2) is 0 Å². The summed E-state index contributed by atoms with van der Waals surface area (Å²) in [6.07, 6.45) is 0. The molecule has 0 spiro atoms. The van der Waals surface area contributed by atoms with E-state index in [1.807, 2.05) is 48.7 Å². The summed E-state index contributed by atoms with van der Waals surface area (Å²) in [7, 11) is 0. The number of aryl methyl sites for hydroxylation is 1. The van der Waals surface area contributed by atoms with E-state index >= 15 is 0 Å². The molecule has 3 heterocycles. The lowest BCUT2D eigenvalue weighted by molar-refractivity contribution is 0.0117. The number of benzene rings is 1. The Hall–Kier alpha value is -2.15. The van der Waals surface area contributed by atoms with Crippen molar-refractivity contribution in [1.82, 2.24) is 10.2 Å². The van der Waals surface area contributed by atoms with Crippen LogP contribution in [0.5, 0.6) is 0 Å². The molecule has 1 atom stereocenters. The van der Waals surface area contributed by atoms with E-state index in [0.717, 1.165) is 30.0 Å². The normalized spacial score (nSPS) is 16.7. The molecule has 1 aliphatic rings. The molecule has 0 unspecified atom stereocenters. The summed E-state index contributed by atoms with van der Waals surface area (Å²) in [4.78, 5) is 15.0. The highest BCUT2D eigenvalue weighted by Gasteiger charge is 2.25. The molecule has 26 heavy (non-hydrogen) atoms. The summed E-state index contributed by atoms with van der Waals surface area (Å²) < 4.78 is 12.5. The molecule has 0 saturated carbocycles. The molecule has 0 aliphatic carbocycles. The third-order valence-corrected chi connectivity index (χ3v) is 5.64. The number of amides is 1. The van der Waals surface area contributed by atoms with Gasteiger partial charge in [-0.2, -0.15) is 0 Å². The van der Waals surface area contributed by atoms with Gasteiger partial charge in [-0.1, -0.05) is 0 Å². The van der Waals surface area contributed by atoms with E-state index in [2.05, 4.69) is 10.2 Å². The average molecular weight is 370 g/mol. The Morgan fingerprint density at radius 1 is 1.23 bits per heavy atom. The van der Waals surface area contributed by atoms with Crippen LogP contribution in [0, 0.1) is 6.92 Å². The SMILES string of the molecule is Cc1ccc([C@H](CNC(=O)c2ccc3sccc3c2)N2CCOCC2)o1. The fourth-order valence-electron chi connectivity index (χ4n) is 3.33. The Labute approximate surface area is 156 Å². The first kappa shape index (κ1) is 17.3. The minimum absolute atomic E-state index is 0.0152. The average Bonchev–Trinajstić information content (AvgIpc) is 3.31. The zero-order valence-corrected chi connectivity index (χ0v) is 15.6. The topological polar surface area (TPSA) is 54.7 Å². The van der Waals surface area contributed by atoms with Gasteiger partial charge in [0.05, 0.1) is 19.3 Å². The third-order valence-electron chi connectivity index (χ3n) is 4.75. The molecule has 2 aromatic heterocycles. The minimum Gasteiger partial charge on any atom is -0.465 e. The second-order valence-corrected chi connectivity index (χ2v) is 7.44. The predicted octanol–water partition coefficient (Wildman–Crippen LogP) is 3.61. The van der Waals surface area contributed by atoms with Crippen LogP contribution < -0.4 is 5.32 Å². The number of fused-ring (bicyclic) bond motifs is 1. The van der Waals surface area contributed by atoms with Crippen LogP contribution in [0.3, 0.4) is 0 Å². The summed E-state index contributed by atoms with van der Waals surface area (Å²) in [5.41, 5.74) is 0.687. The van der Waals surface area contributed by atoms with Gasteiger partial charge in [-0.3, -0.25) is 9.69 Å². The monoisotopic (exact) mass is 370 g/mol. The molecule has 1 amide bonds. The number of furan rings is 1. The summed E-state index contributed by atoms with van der Waals surface area (Å²) in [5.74, 6) is 1.71. The summed E-state index contributed by atoms with van der Waals surface area (Å²) in [6, 6.07) is 11.9. The first-order chi connectivity index (χ1) is 12.7. The molecule has 1 saturated heterocycles. The number of rotatable bonds is 5. The number of hydrogen-bond acceptors (Lipinski definition) is 5. The van der Waals surface area contributed by atoms with Crippen molar-refractivity contribution in [2.45, 2.75) is 13.0 Å². The van der Waals surface area contributed by atoms with E-state index in [4.69, 9.17) is 9.15 Å². The largest absolute Gasteiger partial charge is 0.465 e. The van der Waals surface area contributed by atoms with Crippen molar-refractivity contribution in [2.24, 2.45) is 0 Å². The lowest BCUT2D eigenvalue weighted by Gasteiger charge is -2.33. The van der Waals surface area contributed by atoms with Crippen LogP contribution in [-0.2, 0) is 4.74 Å². The van der Waals surface area contributed by atoms with Crippen LogP contribution in [0.2, 0.25) is 0 Å². The number of nitrogens with zero attached hydrogens (tertiary/aromatic N) is 1. The van der Waals surface area contributed by atoms with Gasteiger partial charge >= 0.3 is 0 Å². The first-order valence-electron chi connectivity index (χ1n) is 8.84.